The van der Waals surface area contributed by atoms with Crippen molar-refractivity contribution in [1.82, 2.24) is 0 Å². The molecule has 0 bridgehead atoms. The largest absolute Gasteiger partial charge is 0.462 e. The molecule has 2 aromatic carbocycles. The molecule has 0 radical (unpaired) electrons. The Bertz CT molecular complexity index is 529. The van der Waals surface area contributed by atoms with Gasteiger partial charge in [-0.05, 0) is 42.3 Å². The van der Waals surface area contributed by atoms with Crippen molar-refractivity contribution in [3.8, 4) is 0 Å². The minimum absolute atomic E-state index is 0.253. The third-order valence-electron chi connectivity index (χ3n) is 2.58. The SMILES string of the molecule is CCOC(=O)c1cc(C)c2ccccc2c1. The van der Waals surface area contributed by atoms with Gasteiger partial charge >= 0.3 is 5.97 Å². The van der Waals surface area contributed by atoms with Gasteiger partial charge in [0, 0.05) is 0 Å². The molecule has 0 aromatic heterocycles. The van der Waals surface area contributed by atoms with Crippen molar-refractivity contribution < 1.29 is 9.53 Å². The molecule has 0 aliphatic heterocycles. The van der Waals surface area contributed by atoms with Crippen molar-refractivity contribution >= 4 is 16.7 Å². The van der Waals surface area contributed by atoms with E-state index in [2.05, 4.69) is 6.07 Å². The number of aryl methyl sites for hydroxylation is 1. The molecule has 82 valence electrons. The summed E-state index contributed by atoms with van der Waals surface area (Å²) in [7, 11) is 0. The molecule has 0 amide bonds. The Kier molecular flexibility index (Phi) is 2.91. The Morgan fingerprint density at radius 2 is 2.00 bits per heavy atom. The predicted octanol–water partition coefficient (Wildman–Crippen LogP) is 3.32. The fraction of sp³-hybridized carbons (Fsp3) is 0.214. The number of carbonyl (C=O) groups is 1. The maximum atomic E-state index is 11.6. The molecule has 0 aliphatic carbocycles. The monoisotopic (exact) mass is 214 g/mol. The van der Waals surface area contributed by atoms with Crippen molar-refractivity contribution in [3.05, 3.63) is 47.5 Å². The predicted molar refractivity (Wildman–Crippen MR) is 64.6 cm³/mol. The zero-order chi connectivity index (χ0) is 11.5. The molecule has 0 fully saturated rings. The quantitative estimate of drug-likeness (QED) is 0.717. The zero-order valence-corrected chi connectivity index (χ0v) is 9.49. The normalized spacial score (nSPS) is 10.4. The van der Waals surface area contributed by atoms with Crippen molar-refractivity contribution in [3.63, 3.8) is 0 Å². The molecule has 0 saturated carbocycles. The average Bonchev–Trinajstić information content (AvgIpc) is 2.29. The lowest BCUT2D eigenvalue weighted by Crippen LogP contribution is -2.04. The first-order valence-corrected chi connectivity index (χ1v) is 5.39. The Balaban J connectivity index is 2.53. The highest BCUT2D eigenvalue weighted by Gasteiger charge is 2.08. The van der Waals surface area contributed by atoms with Crippen LogP contribution in [-0.2, 0) is 4.74 Å². The lowest BCUT2D eigenvalue weighted by Gasteiger charge is -2.06. The van der Waals surface area contributed by atoms with Crippen LogP contribution in [0.1, 0.15) is 22.8 Å². The van der Waals surface area contributed by atoms with Crippen LogP contribution >= 0.6 is 0 Å². The van der Waals surface area contributed by atoms with Crippen molar-refractivity contribution in [1.29, 1.82) is 0 Å². The average molecular weight is 214 g/mol. The molecule has 2 aromatic rings. The fourth-order valence-electron chi connectivity index (χ4n) is 1.83. The van der Waals surface area contributed by atoms with Gasteiger partial charge in [0.25, 0.3) is 0 Å². The van der Waals surface area contributed by atoms with E-state index in [1.54, 1.807) is 0 Å². The summed E-state index contributed by atoms with van der Waals surface area (Å²) in [6, 6.07) is 11.8. The third-order valence-corrected chi connectivity index (χ3v) is 2.58. The second-order valence-corrected chi connectivity index (χ2v) is 3.73. The van der Waals surface area contributed by atoms with E-state index in [4.69, 9.17) is 4.74 Å². The molecule has 0 aliphatic rings. The summed E-state index contributed by atoms with van der Waals surface area (Å²) in [5.74, 6) is -0.253. The summed E-state index contributed by atoms with van der Waals surface area (Å²) in [6.45, 7) is 4.22. The molecule has 0 heterocycles. The number of carbonyl (C=O) groups excluding carboxylic acids is 1. The topological polar surface area (TPSA) is 26.3 Å². The van der Waals surface area contributed by atoms with E-state index in [9.17, 15) is 4.79 Å². The van der Waals surface area contributed by atoms with E-state index < -0.39 is 0 Å². The molecular formula is C14H14O2. The van der Waals surface area contributed by atoms with Crippen LogP contribution in [0.15, 0.2) is 36.4 Å². The van der Waals surface area contributed by atoms with Gasteiger partial charge in [0.05, 0.1) is 12.2 Å². The van der Waals surface area contributed by atoms with E-state index in [-0.39, 0.29) is 5.97 Å². The van der Waals surface area contributed by atoms with Crippen LogP contribution in [0.2, 0.25) is 0 Å². The van der Waals surface area contributed by atoms with Gasteiger partial charge in [-0.3, -0.25) is 0 Å². The second kappa shape index (κ2) is 4.35. The third kappa shape index (κ3) is 1.91. The van der Waals surface area contributed by atoms with Crippen LogP contribution in [-0.4, -0.2) is 12.6 Å². The van der Waals surface area contributed by atoms with Gasteiger partial charge in [-0.25, -0.2) is 4.79 Å². The molecule has 0 saturated heterocycles. The van der Waals surface area contributed by atoms with Crippen molar-refractivity contribution in [2.24, 2.45) is 0 Å². The first kappa shape index (κ1) is 10.7. The number of hydrogen-bond donors (Lipinski definition) is 0. The van der Waals surface area contributed by atoms with Gasteiger partial charge < -0.3 is 4.74 Å². The molecular weight excluding hydrogens is 200 g/mol. The number of rotatable bonds is 2. The molecule has 0 atom stereocenters. The van der Waals surface area contributed by atoms with Gasteiger partial charge in [0.1, 0.15) is 0 Å². The van der Waals surface area contributed by atoms with E-state index >= 15 is 0 Å². The van der Waals surface area contributed by atoms with Gasteiger partial charge in [-0.2, -0.15) is 0 Å². The lowest BCUT2D eigenvalue weighted by atomic mass is 10.0. The molecule has 0 N–H and O–H groups in total. The Hall–Kier alpha value is -1.83. The number of esters is 1. The van der Waals surface area contributed by atoms with Crippen molar-refractivity contribution in [2.75, 3.05) is 6.61 Å². The van der Waals surface area contributed by atoms with Crippen LogP contribution in [0.3, 0.4) is 0 Å². The Morgan fingerprint density at radius 3 is 2.75 bits per heavy atom. The van der Waals surface area contributed by atoms with Crippen LogP contribution in [0, 0.1) is 6.92 Å². The zero-order valence-electron chi connectivity index (χ0n) is 9.49. The van der Waals surface area contributed by atoms with E-state index in [0.29, 0.717) is 12.2 Å². The molecule has 0 spiro atoms. The Labute approximate surface area is 94.8 Å². The van der Waals surface area contributed by atoms with E-state index in [1.807, 2.05) is 44.2 Å². The number of ether oxygens (including phenoxy) is 1. The first-order valence-electron chi connectivity index (χ1n) is 5.39. The molecule has 2 nitrogen and oxygen atoms in total. The first-order chi connectivity index (χ1) is 7.72. The summed E-state index contributed by atoms with van der Waals surface area (Å²) in [4.78, 5) is 11.6. The van der Waals surface area contributed by atoms with Crippen LogP contribution in [0.5, 0.6) is 0 Å². The minimum atomic E-state index is -0.253. The smallest absolute Gasteiger partial charge is 0.338 e. The summed E-state index contributed by atoms with van der Waals surface area (Å²) >= 11 is 0. The highest BCUT2D eigenvalue weighted by atomic mass is 16.5. The van der Waals surface area contributed by atoms with Crippen molar-refractivity contribution in [2.45, 2.75) is 13.8 Å². The number of fused-ring (bicyclic) bond motifs is 1. The molecule has 16 heavy (non-hydrogen) atoms. The minimum Gasteiger partial charge on any atom is -0.462 e. The molecule has 2 rings (SSSR count). The molecule has 0 unspecified atom stereocenters. The summed E-state index contributed by atoms with van der Waals surface area (Å²) in [5.41, 5.74) is 1.72. The summed E-state index contributed by atoms with van der Waals surface area (Å²) in [5, 5.41) is 2.25. The maximum absolute atomic E-state index is 11.6. The van der Waals surface area contributed by atoms with Gasteiger partial charge in [0.2, 0.25) is 0 Å². The Morgan fingerprint density at radius 1 is 1.25 bits per heavy atom. The van der Waals surface area contributed by atoms with Gasteiger partial charge in [0.15, 0.2) is 0 Å². The molecule has 2 heteroatoms. The highest BCUT2D eigenvalue weighted by Crippen LogP contribution is 2.20. The fourth-order valence-corrected chi connectivity index (χ4v) is 1.83. The van der Waals surface area contributed by atoms with Crippen LogP contribution < -0.4 is 0 Å². The highest BCUT2D eigenvalue weighted by molar-refractivity contribution is 5.96. The summed E-state index contributed by atoms with van der Waals surface area (Å²) in [6.07, 6.45) is 0. The summed E-state index contributed by atoms with van der Waals surface area (Å²) < 4.78 is 4.99. The number of benzene rings is 2. The maximum Gasteiger partial charge on any atom is 0.338 e. The second-order valence-electron chi connectivity index (χ2n) is 3.73. The standard InChI is InChI=1S/C14H14O2/c1-3-16-14(15)12-8-10(2)13-7-5-4-6-11(13)9-12/h4-9H,3H2,1-2H3. The van der Waals surface area contributed by atoms with E-state index in [0.717, 1.165) is 10.9 Å². The van der Waals surface area contributed by atoms with Gasteiger partial charge in [-0.1, -0.05) is 24.3 Å². The lowest BCUT2D eigenvalue weighted by molar-refractivity contribution is 0.0526. The van der Waals surface area contributed by atoms with Gasteiger partial charge in [-0.15, -0.1) is 0 Å². The number of hydrogen-bond acceptors (Lipinski definition) is 2. The van der Waals surface area contributed by atoms with E-state index in [1.165, 1.54) is 5.39 Å². The van der Waals surface area contributed by atoms with Crippen LogP contribution in [0.25, 0.3) is 10.8 Å². The van der Waals surface area contributed by atoms with Crippen LogP contribution in [0.4, 0.5) is 0 Å².